The van der Waals surface area contributed by atoms with Gasteiger partial charge in [0.15, 0.2) is 23.0 Å². The molecule has 0 saturated carbocycles. The fraction of sp³-hybridized carbons (Fsp3) is 0.409. The first-order valence-electron chi connectivity index (χ1n) is 10.6. The Bertz CT molecular complexity index is 1160. The molecule has 11 nitrogen and oxygen atoms in total. The predicted molar refractivity (Wildman–Crippen MR) is 118 cm³/mol. The smallest absolute Gasteiger partial charge is 0.279 e. The predicted octanol–water partition coefficient (Wildman–Crippen LogP) is 1.92. The largest absolute Gasteiger partial charge is 0.493 e. The number of hydrogen-bond acceptors (Lipinski definition) is 9. The molecule has 1 saturated heterocycles. The summed E-state index contributed by atoms with van der Waals surface area (Å²) in [6.45, 7) is 0.990. The van der Waals surface area contributed by atoms with E-state index in [0.29, 0.717) is 30.9 Å². The monoisotopic (exact) mass is 494 g/mol. The third-order valence-electron chi connectivity index (χ3n) is 5.78. The molecule has 0 aromatic heterocycles. The number of rotatable bonds is 8. The molecule has 0 aliphatic carbocycles. The van der Waals surface area contributed by atoms with Crippen LogP contribution < -0.4 is 24.4 Å². The van der Waals surface area contributed by atoms with Crippen molar-refractivity contribution in [2.24, 2.45) is 0 Å². The average molecular weight is 495 g/mol. The Kier molecular flexibility index (Phi) is 7.12. The number of fused-ring (bicyclic) bond motifs is 1. The minimum absolute atomic E-state index is 0.0860. The SMILES string of the molecule is COc1ccc(S(=O)(=O)N2CCC(OCc3ccc4c(c3)OCO4)CC2)c(C(=O)NO)c1OC. The van der Waals surface area contributed by atoms with E-state index in [0.717, 1.165) is 5.56 Å². The molecule has 184 valence electrons. The molecule has 0 bridgehead atoms. The molecule has 0 spiro atoms. The Balaban J connectivity index is 1.45. The number of amides is 1. The maximum atomic E-state index is 13.4. The Morgan fingerprint density at radius 3 is 2.53 bits per heavy atom. The Hall–Kier alpha value is -3.06. The summed E-state index contributed by atoms with van der Waals surface area (Å²) in [5.41, 5.74) is 2.09. The Morgan fingerprint density at radius 1 is 1.12 bits per heavy atom. The van der Waals surface area contributed by atoms with Gasteiger partial charge in [0.2, 0.25) is 16.8 Å². The van der Waals surface area contributed by atoms with Crippen LogP contribution in [0.5, 0.6) is 23.0 Å². The summed E-state index contributed by atoms with van der Waals surface area (Å²) in [7, 11) is -1.42. The van der Waals surface area contributed by atoms with Crippen LogP contribution in [0.1, 0.15) is 28.8 Å². The number of methoxy groups -OCH3 is 2. The molecule has 0 atom stereocenters. The minimum atomic E-state index is -4.06. The van der Waals surface area contributed by atoms with E-state index in [1.165, 1.54) is 36.1 Å². The van der Waals surface area contributed by atoms with Gasteiger partial charge in [-0.3, -0.25) is 10.0 Å². The summed E-state index contributed by atoms with van der Waals surface area (Å²) in [5, 5.41) is 9.18. The fourth-order valence-electron chi connectivity index (χ4n) is 4.02. The van der Waals surface area contributed by atoms with Gasteiger partial charge in [-0.2, -0.15) is 4.31 Å². The summed E-state index contributed by atoms with van der Waals surface area (Å²) in [6.07, 6.45) is 0.847. The van der Waals surface area contributed by atoms with Gasteiger partial charge in [-0.15, -0.1) is 0 Å². The number of hydroxylamine groups is 1. The Morgan fingerprint density at radius 2 is 1.85 bits per heavy atom. The van der Waals surface area contributed by atoms with E-state index in [1.54, 1.807) is 0 Å². The highest BCUT2D eigenvalue weighted by atomic mass is 32.2. The molecule has 34 heavy (non-hydrogen) atoms. The van der Waals surface area contributed by atoms with Crippen LogP contribution in [0.2, 0.25) is 0 Å². The first-order valence-corrected chi connectivity index (χ1v) is 12.0. The number of carbonyl (C=O) groups excluding carboxylic acids is 1. The van der Waals surface area contributed by atoms with Crippen molar-refractivity contribution in [2.45, 2.75) is 30.4 Å². The number of ether oxygens (including phenoxy) is 5. The number of benzene rings is 2. The van der Waals surface area contributed by atoms with Crippen molar-refractivity contribution >= 4 is 15.9 Å². The minimum Gasteiger partial charge on any atom is -0.493 e. The van der Waals surface area contributed by atoms with Gasteiger partial charge in [0, 0.05) is 13.1 Å². The molecule has 2 aromatic rings. The van der Waals surface area contributed by atoms with E-state index in [4.69, 9.17) is 23.7 Å². The molecule has 2 aromatic carbocycles. The number of nitrogens with one attached hydrogen (secondary N) is 1. The molecule has 2 aliphatic rings. The summed E-state index contributed by atoms with van der Waals surface area (Å²) in [6, 6.07) is 8.27. The number of carbonyl (C=O) groups is 1. The van der Waals surface area contributed by atoms with Crippen molar-refractivity contribution in [3.05, 3.63) is 41.5 Å². The van der Waals surface area contributed by atoms with Gasteiger partial charge in [-0.05, 0) is 42.7 Å². The van der Waals surface area contributed by atoms with Crippen molar-refractivity contribution in [3.8, 4) is 23.0 Å². The van der Waals surface area contributed by atoms with E-state index in [-0.39, 0.29) is 47.9 Å². The van der Waals surface area contributed by atoms with Crippen LogP contribution in [0.4, 0.5) is 0 Å². The molecule has 4 rings (SSSR count). The molecule has 2 aliphatic heterocycles. The zero-order valence-corrected chi connectivity index (χ0v) is 19.6. The van der Waals surface area contributed by atoms with Crippen LogP contribution in [0.3, 0.4) is 0 Å². The average Bonchev–Trinajstić information content (AvgIpc) is 3.34. The van der Waals surface area contributed by atoms with E-state index in [9.17, 15) is 18.4 Å². The topological polar surface area (TPSA) is 133 Å². The molecule has 1 amide bonds. The summed E-state index contributed by atoms with van der Waals surface area (Å²) in [5.74, 6) is 0.440. The highest BCUT2D eigenvalue weighted by Gasteiger charge is 2.35. The summed E-state index contributed by atoms with van der Waals surface area (Å²) >= 11 is 0. The molecular weight excluding hydrogens is 468 g/mol. The first kappa shape index (κ1) is 24.1. The van der Waals surface area contributed by atoms with Crippen LogP contribution in [0.15, 0.2) is 35.2 Å². The van der Waals surface area contributed by atoms with Crippen molar-refractivity contribution in [1.29, 1.82) is 0 Å². The van der Waals surface area contributed by atoms with Gasteiger partial charge in [-0.1, -0.05) is 6.07 Å². The summed E-state index contributed by atoms with van der Waals surface area (Å²) in [4.78, 5) is 12.1. The highest BCUT2D eigenvalue weighted by molar-refractivity contribution is 7.89. The number of nitrogens with zero attached hydrogens (tertiary/aromatic N) is 1. The molecular formula is C22H26N2O9S. The van der Waals surface area contributed by atoms with E-state index >= 15 is 0 Å². The third-order valence-corrected chi connectivity index (χ3v) is 7.72. The molecule has 0 unspecified atom stereocenters. The first-order chi connectivity index (χ1) is 16.4. The maximum Gasteiger partial charge on any atom is 0.279 e. The second-order valence-electron chi connectivity index (χ2n) is 7.72. The lowest BCUT2D eigenvalue weighted by Gasteiger charge is -2.31. The van der Waals surface area contributed by atoms with Crippen molar-refractivity contribution < 1.29 is 42.1 Å². The summed E-state index contributed by atoms with van der Waals surface area (Å²) < 4.78 is 55.1. The van der Waals surface area contributed by atoms with Crippen molar-refractivity contribution in [3.63, 3.8) is 0 Å². The van der Waals surface area contributed by atoms with Gasteiger partial charge in [0.05, 0.1) is 31.8 Å². The lowest BCUT2D eigenvalue weighted by molar-refractivity contribution is 0.0101. The van der Waals surface area contributed by atoms with Crippen molar-refractivity contribution in [2.75, 3.05) is 34.1 Å². The van der Waals surface area contributed by atoms with Gasteiger partial charge in [-0.25, -0.2) is 13.9 Å². The van der Waals surface area contributed by atoms with E-state index in [1.807, 2.05) is 18.2 Å². The molecule has 2 N–H and O–H groups in total. The normalized spacial score (nSPS) is 16.3. The standard InChI is InChI=1S/C22H26N2O9S/c1-29-17-5-6-19(20(21(17)30-2)22(25)23-26)34(27,28)24-9-7-15(8-10-24)31-12-14-3-4-16-18(11-14)33-13-32-16/h3-6,11,15,26H,7-10,12-13H2,1-2H3,(H,23,25). The van der Waals surface area contributed by atoms with Gasteiger partial charge in [0.25, 0.3) is 5.91 Å². The molecule has 1 fully saturated rings. The quantitative estimate of drug-likeness (QED) is 0.417. The maximum absolute atomic E-state index is 13.4. The van der Waals surface area contributed by atoms with Gasteiger partial charge < -0.3 is 23.7 Å². The van der Waals surface area contributed by atoms with Crippen LogP contribution in [-0.4, -0.2) is 64.0 Å². The Labute approximate surface area is 197 Å². The fourth-order valence-corrected chi connectivity index (χ4v) is 5.67. The molecule has 2 heterocycles. The van der Waals surface area contributed by atoms with Crippen LogP contribution in [0.25, 0.3) is 0 Å². The van der Waals surface area contributed by atoms with Gasteiger partial charge >= 0.3 is 0 Å². The second kappa shape index (κ2) is 10.1. The lowest BCUT2D eigenvalue weighted by atomic mass is 10.1. The number of hydrogen-bond donors (Lipinski definition) is 2. The lowest BCUT2D eigenvalue weighted by Crippen LogP contribution is -2.41. The molecule has 12 heteroatoms. The zero-order chi connectivity index (χ0) is 24.3. The van der Waals surface area contributed by atoms with Gasteiger partial charge in [0.1, 0.15) is 5.56 Å². The van der Waals surface area contributed by atoms with Crippen molar-refractivity contribution in [1.82, 2.24) is 9.79 Å². The van der Waals surface area contributed by atoms with E-state index in [2.05, 4.69) is 0 Å². The molecule has 0 radical (unpaired) electrons. The zero-order valence-electron chi connectivity index (χ0n) is 18.8. The van der Waals surface area contributed by atoms with Crippen LogP contribution in [-0.2, 0) is 21.4 Å². The highest BCUT2D eigenvalue weighted by Crippen LogP contribution is 2.37. The number of sulfonamides is 1. The van der Waals surface area contributed by atoms with E-state index < -0.39 is 15.9 Å². The third kappa shape index (κ3) is 4.62. The second-order valence-corrected chi connectivity index (χ2v) is 9.62. The number of piperidine rings is 1. The van der Waals surface area contributed by atoms with Crippen LogP contribution >= 0.6 is 0 Å². The van der Waals surface area contributed by atoms with Crippen LogP contribution in [0, 0.1) is 0 Å².